The molecule has 4 rings (SSSR count). The van der Waals surface area contributed by atoms with Crippen molar-refractivity contribution in [3.63, 3.8) is 0 Å². The van der Waals surface area contributed by atoms with Gasteiger partial charge in [0.2, 0.25) is 0 Å². The summed E-state index contributed by atoms with van der Waals surface area (Å²) in [6.45, 7) is 3.21. The Kier molecular flexibility index (Phi) is 4.75. The van der Waals surface area contributed by atoms with Gasteiger partial charge in [0.15, 0.2) is 0 Å². The van der Waals surface area contributed by atoms with Gasteiger partial charge in [-0.3, -0.25) is 4.79 Å². The lowest BCUT2D eigenvalue weighted by Crippen LogP contribution is -2.34. The fraction of sp³-hybridized carbons (Fsp3) is 0.450. The molecule has 1 aliphatic heterocycles. The molecule has 2 aliphatic rings. The molecule has 0 N–H and O–H groups in total. The summed E-state index contributed by atoms with van der Waals surface area (Å²) in [7, 11) is 0. The van der Waals surface area contributed by atoms with E-state index in [9.17, 15) is 9.18 Å². The normalized spacial score (nSPS) is 18.0. The van der Waals surface area contributed by atoms with Gasteiger partial charge in [0.1, 0.15) is 5.82 Å². The van der Waals surface area contributed by atoms with Crippen LogP contribution < -0.4 is 4.90 Å². The van der Waals surface area contributed by atoms with Gasteiger partial charge in [-0.2, -0.15) is 0 Å². The van der Waals surface area contributed by atoms with E-state index >= 15 is 0 Å². The number of thiophene rings is 1. The number of carbonyl (C=O) groups is 1. The molecule has 1 fully saturated rings. The molecule has 1 saturated heterocycles. The number of nitrogens with zero attached hydrogens (tertiary/aromatic N) is 2. The molecule has 0 bridgehead atoms. The van der Waals surface area contributed by atoms with Crippen LogP contribution in [0.1, 0.15) is 39.4 Å². The Labute approximate surface area is 152 Å². The zero-order chi connectivity index (χ0) is 17.2. The lowest BCUT2D eigenvalue weighted by Gasteiger charge is -2.23. The number of anilines is 1. The average molecular weight is 358 g/mol. The zero-order valence-electron chi connectivity index (χ0n) is 14.3. The van der Waals surface area contributed by atoms with E-state index in [4.69, 9.17) is 0 Å². The van der Waals surface area contributed by atoms with Crippen LogP contribution >= 0.6 is 11.3 Å². The summed E-state index contributed by atoms with van der Waals surface area (Å²) in [6, 6.07) is 8.77. The molecule has 0 unspecified atom stereocenters. The molecule has 0 radical (unpaired) electrons. The van der Waals surface area contributed by atoms with Crippen molar-refractivity contribution in [2.75, 3.05) is 31.1 Å². The highest BCUT2D eigenvalue weighted by Gasteiger charge is 2.24. The summed E-state index contributed by atoms with van der Waals surface area (Å²) in [5, 5.41) is 0. The summed E-state index contributed by atoms with van der Waals surface area (Å²) < 4.78 is 13.1. The molecule has 1 amide bonds. The molecule has 0 atom stereocenters. The number of amides is 1. The molecule has 1 aliphatic carbocycles. The SMILES string of the molecule is O=C(c1cc2c(s1)CCCC2)N1CCCN(c2ccc(F)cc2)CC1. The molecule has 5 heteroatoms. The fourth-order valence-corrected chi connectivity index (χ4v) is 5.00. The number of hydrogen-bond acceptors (Lipinski definition) is 3. The summed E-state index contributed by atoms with van der Waals surface area (Å²) >= 11 is 1.70. The lowest BCUT2D eigenvalue weighted by molar-refractivity contribution is 0.0772. The number of rotatable bonds is 2. The van der Waals surface area contributed by atoms with Crippen LogP contribution in [0.5, 0.6) is 0 Å². The number of carbonyl (C=O) groups excluding carboxylic acids is 1. The van der Waals surface area contributed by atoms with Crippen LogP contribution in [0, 0.1) is 5.82 Å². The highest BCUT2D eigenvalue weighted by atomic mass is 32.1. The molecule has 3 nitrogen and oxygen atoms in total. The maximum Gasteiger partial charge on any atom is 0.263 e. The molecule has 132 valence electrons. The van der Waals surface area contributed by atoms with Gasteiger partial charge in [-0.05, 0) is 68.0 Å². The molecule has 0 saturated carbocycles. The van der Waals surface area contributed by atoms with Crippen molar-refractivity contribution in [2.45, 2.75) is 32.1 Å². The maximum absolute atomic E-state index is 13.1. The number of hydrogen-bond donors (Lipinski definition) is 0. The monoisotopic (exact) mass is 358 g/mol. The van der Waals surface area contributed by atoms with E-state index in [1.54, 1.807) is 11.3 Å². The number of halogens is 1. The van der Waals surface area contributed by atoms with Gasteiger partial charge in [0.25, 0.3) is 5.91 Å². The van der Waals surface area contributed by atoms with Gasteiger partial charge in [-0.15, -0.1) is 11.3 Å². The first-order valence-corrected chi connectivity index (χ1v) is 9.94. The van der Waals surface area contributed by atoms with Gasteiger partial charge in [0.05, 0.1) is 4.88 Å². The Morgan fingerprint density at radius 3 is 2.56 bits per heavy atom. The van der Waals surface area contributed by atoms with E-state index < -0.39 is 0 Å². The Morgan fingerprint density at radius 2 is 1.76 bits per heavy atom. The summed E-state index contributed by atoms with van der Waals surface area (Å²) in [5.74, 6) is -0.0302. The second kappa shape index (κ2) is 7.16. The van der Waals surface area contributed by atoms with Crippen LogP contribution in [-0.2, 0) is 12.8 Å². The van der Waals surface area contributed by atoms with Crippen LogP contribution in [0.4, 0.5) is 10.1 Å². The quantitative estimate of drug-likeness (QED) is 0.806. The Hall–Kier alpha value is -1.88. The second-order valence-corrected chi connectivity index (χ2v) is 8.01. The van der Waals surface area contributed by atoms with E-state index in [1.807, 2.05) is 17.0 Å². The summed E-state index contributed by atoms with van der Waals surface area (Å²) in [4.78, 5) is 19.5. The maximum atomic E-state index is 13.1. The Balaban J connectivity index is 1.44. The highest BCUT2D eigenvalue weighted by molar-refractivity contribution is 7.14. The largest absolute Gasteiger partial charge is 0.370 e. The van der Waals surface area contributed by atoms with Crippen molar-refractivity contribution in [1.29, 1.82) is 0 Å². The second-order valence-electron chi connectivity index (χ2n) is 6.88. The number of aryl methyl sites for hydroxylation is 2. The van der Waals surface area contributed by atoms with Crippen LogP contribution in [0.3, 0.4) is 0 Å². The zero-order valence-corrected chi connectivity index (χ0v) is 15.2. The van der Waals surface area contributed by atoms with Crippen molar-refractivity contribution >= 4 is 22.9 Å². The van der Waals surface area contributed by atoms with Crippen molar-refractivity contribution in [3.8, 4) is 0 Å². The molecule has 1 aromatic heterocycles. The first kappa shape index (κ1) is 16.6. The van der Waals surface area contributed by atoms with Crippen molar-refractivity contribution in [3.05, 3.63) is 51.5 Å². The fourth-order valence-electron chi connectivity index (χ4n) is 3.78. The van der Waals surface area contributed by atoms with Crippen molar-refractivity contribution < 1.29 is 9.18 Å². The Morgan fingerprint density at radius 1 is 0.960 bits per heavy atom. The molecule has 25 heavy (non-hydrogen) atoms. The standard InChI is InChI=1S/C20H23FN2OS/c21-16-6-8-17(9-7-16)22-10-3-11-23(13-12-22)20(24)19-14-15-4-1-2-5-18(15)25-19/h6-9,14H,1-5,10-13H2. The molecule has 1 aromatic carbocycles. The lowest BCUT2D eigenvalue weighted by atomic mass is 9.99. The minimum absolute atomic E-state index is 0.181. The topological polar surface area (TPSA) is 23.6 Å². The van der Waals surface area contributed by atoms with Crippen LogP contribution in [0.25, 0.3) is 0 Å². The minimum Gasteiger partial charge on any atom is -0.370 e. The van der Waals surface area contributed by atoms with Crippen LogP contribution in [0.15, 0.2) is 30.3 Å². The van der Waals surface area contributed by atoms with Crippen LogP contribution in [0.2, 0.25) is 0 Å². The third-order valence-electron chi connectivity index (χ3n) is 5.18. The van der Waals surface area contributed by atoms with E-state index in [0.29, 0.717) is 0 Å². The third-order valence-corrected chi connectivity index (χ3v) is 6.41. The van der Waals surface area contributed by atoms with Gasteiger partial charge in [-0.25, -0.2) is 4.39 Å². The average Bonchev–Trinajstić information content (AvgIpc) is 2.92. The smallest absolute Gasteiger partial charge is 0.263 e. The molecule has 2 heterocycles. The molecule has 0 spiro atoms. The summed E-state index contributed by atoms with van der Waals surface area (Å²) in [6.07, 6.45) is 5.68. The van der Waals surface area contributed by atoms with Crippen LogP contribution in [-0.4, -0.2) is 37.0 Å². The first-order chi connectivity index (χ1) is 12.2. The molecule has 2 aromatic rings. The molecular weight excluding hydrogens is 335 g/mol. The predicted molar refractivity (Wildman–Crippen MR) is 100 cm³/mol. The van der Waals surface area contributed by atoms with E-state index in [-0.39, 0.29) is 11.7 Å². The van der Waals surface area contributed by atoms with E-state index in [1.165, 1.54) is 35.4 Å². The van der Waals surface area contributed by atoms with Gasteiger partial charge >= 0.3 is 0 Å². The highest BCUT2D eigenvalue weighted by Crippen LogP contribution is 2.30. The summed E-state index contributed by atoms with van der Waals surface area (Å²) in [5.41, 5.74) is 2.42. The van der Waals surface area contributed by atoms with E-state index in [2.05, 4.69) is 11.0 Å². The van der Waals surface area contributed by atoms with Gasteiger partial charge in [0, 0.05) is 36.7 Å². The Bertz CT molecular complexity index is 732. The number of fused-ring (bicyclic) bond motifs is 1. The minimum atomic E-state index is -0.211. The molecular formula is C20H23FN2OS. The van der Waals surface area contributed by atoms with Gasteiger partial charge in [-0.1, -0.05) is 0 Å². The van der Waals surface area contributed by atoms with Crippen molar-refractivity contribution in [1.82, 2.24) is 4.90 Å². The van der Waals surface area contributed by atoms with E-state index in [0.717, 1.165) is 56.0 Å². The number of benzene rings is 1. The third kappa shape index (κ3) is 3.56. The van der Waals surface area contributed by atoms with Gasteiger partial charge < -0.3 is 9.80 Å². The predicted octanol–water partition coefficient (Wildman–Crippen LogP) is 4.12. The first-order valence-electron chi connectivity index (χ1n) is 9.12. The van der Waals surface area contributed by atoms with Crippen molar-refractivity contribution in [2.24, 2.45) is 0 Å².